The fourth-order valence-corrected chi connectivity index (χ4v) is 4.48. The standard InChI is InChI=1S/C31H26ClN3O/c1-22-16-18-25(19-17-22)35-30(21-29(34-35)26-14-8-9-15-27(26)32)31(36)33-28(24-12-6-3-7-13-24)20-23-10-4-2-5-11-23/h2-19,21,28H,20H2,1H3,(H,33,36). The molecule has 5 aromatic rings. The molecule has 0 saturated heterocycles. The highest BCUT2D eigenvalue weighted by atomic mass is 35.5. The molecule has 1 heterocycles. The van der Waals surface area contributed by atoms with E-state index in [9.17, 15) is 4.79 Å². The van der Waals surface area contributed by atoms with E-state index in [0.717, 1.165) is 27.9 Å². The number of nitrogens with one attached hydrogen (secondary N) is 1. The van der Waals surface area contributed by atoms with Crippen molar-refractivity contribution in [3.8, 4) is 16.9 Å². The van der Waals surface area contributed by atoms with Crippen molar-refractivity contribution in [3.05, 3.63) is 143 Å². The molecule has 1 aromatic heterocycles. The van der Waals surface area contributed by atoms with Crippen LogP contribution in [0, 0.1) is 6.92 Å². The van der Waals surface area contributed by atoms with Crippen molar-refractivity contribution in [2.24, 2.45) is 0 Å². The molecule has 1 amide bonds. The van der Waals surface area contributed by atoms with E-state index in [1.54, 1.807) is 10.7 Å². The van der Waals surface area contributed by atoms with Crippen LogP contribution in [0.1, 0.15) is 33.2 Å². The van der Waals surface area contributed by atoms with Gasteiger partial charge in [-0.05, 0) is 48.7 Å². The molecular weight excluding hydrogens is 466 g/mol. The number of rotatable bonds is 7. The average molecular weight is 492 g/mol. The second-order valence-electron chi connectivity index (χ2n) is 8.77. The molecule has 4 nitrogen and oxygen atoms in total. The Hall–Kier alpha value is -4.15. The van der Waals surface area contributed by atoms with Crippen molar-refractivity contribution in [2.75, 3.05) is 0 Å². The van der Waals surface area contributed by atoms with Crippen molar-refractivity contribution in [1.82, 2.24) is 15.1 Å². The van der Waals surface area contributed by atoms with Crippen LogP contribution in [-0.4, -0.2) is 15.7 Å². The van der Waals surface area contributed by atoms with Gasteiger partial charge in [0.05, 0.1) is 22.4 Å². The Kier molecular flexibility index (Phi) is 6.96. The molecule has 5 heteroatoms. The van der Waals surface area contributed by atoms with Crippen LogP contribution in [0.25, 0.3) is 16.9 Å². The molecule has 1 atom stereocenters. The SMILES string of the molecule is Cc1ccc(-n2nc(-c3ccccc3Cl)cc2C(=O)NC(Cc2ccccc2)c2ccccc2)cc1. The summed E-state index contributed by atoms with van der Waals surface area (Å²) in [6, 6.07) is 37.3. The maximum atomic E-state index is 13.8. The predicted octanol–water partition coefficient (Wildman–Crippen LogP) is 7.21. The van der Waals surface area contributed by atoms with E-state index >= 15 is 0 Å². The van der Waals surface area contributed by atoms with E-state index in [1.807, 2.05) is 104 Å². The molecule has 0 saturated carbocycles. The molecular formula is C31H26ClN3O. The van der Waals surface area contributed by atoms with Crippen LogP contribution in [0.2, 0.25) is 5.02 Å². The number of hydrogen-bond acceptors (Lipinski definition) is 2. The Morgan fingerprint density at radius 1 is 0.861 bits per heavy atom. The van der Waals surface area contributed by atoms with Crippen LogP contribution in [0.4, 0.5) is 0 Å². The van der Waals surface area contributed by atoms with Crippen LogP contribution >= 0.6 is 11.6 Å². The van der Waals surface area contributed by atoms with E-state index in [1.165, 1.54) is 0 Å². The number of hydrogen-bond donors (Lipinski definition) is 1. The minimum atomic E-state index is -0.203. The summed E-state index contributed by atoms with van der Waals surface area (Å²) in [7, 11) is 0. The number of aromatic nitrogens is 2. The predicted molar refractivity (Wildman–Crippen MR) is 146 cm³/mol. The largest absolute Gasteiger partial charge is 0.344 e. The van der Waals surface area contributed by atoms with Crippen LogP contribution < -0.4 is 5.32 Å². The fraction of sp³-hybridized carbons (Fsp3) is 0.0968. The van der Waals surface area contributed by atoms with Crippen molar-refractivity contribution in [1.29, 1.82) is 0 Å². The van der Waals surface area contributed by atoms with Crippen molar-refractivity contribution in [3.63, 3.8) is 0 Å². The summed E-state index contributed by atoms with van der Waals surface area (Å²) in [4.78, 5) is 13.8. The highest BCUT2D eigenvalue weighted by molar-refractivity contribution is 6.33. The van der Waals surface area contributed by atoms with Gasteiger partial charge in [0.25, 0.3) is 5.91 Å². The molecule has 0 radical (unpaired) electrons. The Labute approximate surface area is 216 Å². The summed E-state index contributed by atoms with van der Waals surface area (Å²) in [6.07, 6.45) is 0.673. The Bertz CT molecular complexity index is 1460. The normalized spacial score (nSPS) is 11.7. The maximum Gasteiger partial charge on any atom is 0.270 e. The topological polar surface area (TPSA) is 46.9 Å². The summed E-state index contributed by atoms with van der Waals surface area (Å²) < 4.78 is 1.69. The second kappa shape index (κ2) is 10.6. The van der Waals surface area contributed by atoms with Gasteiger partial charge in [0.15, 0.2) is 0 Å². The van der Waals surface area contributed by atoms with E-state index in [0.29, 0.717) is 22.8 Å². The molecule has 4 aromatic carbocycles. The lowest BCUT2D eigenvalue weighted by Gasteiger charge is -2.20. The van der Waals surface area contributed by atoms with Gasteiger partial charge in [-0.25, -0.2) is 4.68 Å². The molecule has 0 bridgehead atoms. The molecule has 0 spiro atoms. The summed E-state index contributed by atoms with van der Waals surface area (Å²) in [5.74, 6) is -0.203. The van der Waals surface area contributed by atoms with Crippen LogP contribution in [0.5, 0.6) is 0 Å². The molecule has 178 valence electrons. The van der Waals surface area contributed by atoms with E-state index < -0.39 is 0 Å². The van der Waals surface area contributed by atoms with Gasteiger partial charge in [0, 0.05) is 5.56 Å². The minimum absolute atomic E-state index is 0.203. The summed E-state index contributed by atoms with van der Waals surface area (Å²) in [6.45, 7) is 2.03. The number of amides is 1. The quantitative estimate of drug-likeness (QED) is 0.261. The van der Waals surface area contributed by atoms with Crippen molar-refractivity contribution in [2.45, 2.75) is 19.4 Å². The summed E-state index contributed by atoms with van der Waals surface area (Å²) >= 11 is 6.47. The molecule has 0 fully saturated rings. The first-order chi connectivity index (χ1) is 17.6. The number of carbonyl (C=O) groups excluding carboxylic acids is 1. The van der Waals surface area contributed by atoms with Crippen molar-refractivity contribution >= 4 is 17.5 Å². The maximum absolute atomic E-state index is 13.8. The lowest BCUT2D eigenvalue weighted by Crippen LogP contribution is -2.31. The third-order valence-electron chi connectivity index (χ3n) is 6.16. The Morgan fingerprint density at radius 2 is 1.50 bits per heavy atom. The first-order valence-electron chi connectivity index (χ1n) is 11.9. The number of aryl methyl sites for hydroxylation is 1. The zero-order valence-corrected chi connectivity index (χ0v) is 20.7. The molecule has 0 aliphatic rings. The molecule has 5 rings (SSSR count). The number of halogens is 1. The van der Waals surface area contributed by atoms with Crippen LogP contribution in [-0.2, 0) is 6.42 Å². The van der Waals surface area contributed by atoms with E-state index in [4.69, 9.17) is 16.7 Å². The molecule has 36 heavy (non-hydrogen) atoms. The first-order valence-corrected chi connectivity index (χ1v) is 12.3. The smallest absolute Gasteiger partial charge is 0.270 e. The third kappa shape index (κ3) is 5.24. The minimum Gasteiger partial charge on any atom is -0.344 e. The third-order valence-corrected chi connectivity index (χ3v) is 6.49. The monoisotopic (exact) mass is 491 g/mol. The van der Waals surface area contributed by atoms with Gasteiger partial charge < -0.3 is 5.32 Å². The van der Waals surface area contributed by atoms with E-state index in [2.05, 4.69) is 17.4 Å². The zero-order valence-electron chi connectivity index (χ0n) is 19.9. The van der Waals surface area contributed by atoms with Gasteiger partial charge in [-0.3, -0.25) is 4.79 Å². The Balaban J connectivity index is 1.54. The zero-order chi connectivity index (χ0) is 24.9. The average Bonchev–Trinajstić information content (AvgIpc) is 3.35. The van der Waals surface area contributed by atoms with Gasteiger partial charge in [-0.1, -0.05) is 108 Å². The van der Waals surface area contributed by atoms with Gasteiger partial charge in [0.2, 0.25) is 0 Å². The van der Waals surface area contributed by atoms with Gasteiger partial charge >= 0.3 is 0 Å². The van der Waals surface area contributed by atoms with Gasteiger partial charge in [-0.2, -0.15) is 5.10 Å². The van der Waals surface area contributed by atoms with Gasteiger partial charge in [0.1, 0.15) is 5.69 Å². The Morgan fingerprint density at radius 3 is 2.19 bits per heavy atom. The first kappa shape index (κ1) is 23.6. The molecule has 0 aliphatic heterocycles. The summed E-state index contributed by atoms with van der Waals surface area (Å²) in [5, 5.41) is 8.65. The van der Waals surface area contributed by atoms with Crippen LogP contribution in [0.3, 0.4) is 0 Å². The van der Waals surface area contributed by atoms with Crippen LogP contribution in [0.15, 0.2) is 115 Å². The lowest BCUT2D eigenvalue weighted by atomic mass is 9.98. The number of benzene rings is 4. The fourth-order valence-electron chi connectivity index (χ4n) is 4.25. The highest BCUT2D eigenvalue weighted by Gasteiger charge is 2.22. The van der Waals surface area contributed by atoms with E-state index in [-0.39, 0.29) is 11.9 Å². The van der Waals surface area contributed by atoms with Crippen molar-refractivity contribution < 1.29 is 4.79 Å². The van der Waals surface area contributed by atoms with Gasteiger partial charge in [-0.15, -0.1) is 0 Å². The summed E-state index contributed by atoms with van der Waals surface area (Å²) in [5.41, 5.74) is 6.01. The molecule has 1 unspecified atom stereocenters. The second-order valence-corrected chi connectivity index (χ2v) is 9.18. The lowest BCUT2D eigenvalue weighted by molar-refractivity contribution is 0.0928. The molecule has 0 aliphatic carbocycles. The number of carbonyl (C=O) groups is 1. The highest BCUT2D eigenvalue weighted by Crippen LogP contribution is 2.29. The number of nitrogens with zero attached hydrogens (tertiary/aromatic N) is 2. The molecule has 1 N–H and O–H groups in total.